The first-order valence-corrected chi connectivity index (χ1v) is 10.6. The van der Waals surface area contributed by atoms with Gasteiger partial charge < -0.3 is 20.7 Å². The largest absolute Gasteiger partial charge is 0.497 e. The molecule has 0 atom stereocenters. The predicted octanol–water partition coefficient (Wildman–Crippen LogP) is 3.65. The average molecular weight is 426 g/mol. The van der Waals surface area contributed by atoms with Gasteiger partial charge in [0.15, 0.2) is 0 Å². The number of benzene rings is 2. The van der Waals surface area contributed by atoms with Crippen LogP contribution in [0.2, 0.25) is 0 Å². The number of methoxy groups -OCH3 is 1. The van der Waals surface area contributed by atoms with Gasteiger partial charge in [0.25, 0.3) is 5.91 Å². The first-order valence-electron chi connectivity index (χ1n) is 10.6. The van der Waals surface area contributed by atoms with Crippen LogP contribution < -0.4 is 20.7 Å². The minimum Gasteiger partial charge on any atom is -0.497 e. The molecule has 0 aliphatic carbocycles. The highest BCUT2D eigenvalue weighted by atomic mass is 16.5. The van der Waals surface area contributed by atoms with Gasteiger partial charge in [0.2, 0.25) is 0 Å². The van der Waals surface area contributed by atoms with E-state index in [9.17, 15) is 14.4 Å². The third-order valence-electron chi connectivity index (χ3n) is 4.80. The Labute approximate surface area is 183 Å². The van der Waals surface area contributed by atoms with Crippen LogP contribution in [0.15, 0.2) is 48.5 Å². The zero-order valence-electron chi connectivity index (χ0n) is 18.2. The fraction of sp³-hybridized carbons (Fsp3) is 0.375. The summed E-state index contributed by atoms with van der Waals surface area (Å²) in [6, 6.07) is 14.0. The Hall–Kier alpha value is -3.35. The third-order valence-corrected chi connectivity index (χ3v) is 4.80. The van der Waals surface area contributed by atoms with Crippen molar-refractivity contribution < 1.29 is 19.1 Å². The highest BCUT2D eigenvalue weighted by Crippen LogP contribution is 2.16. The van der Waals surface area contributed by atoms with Gasteiger partial charge in [-0.05, 0) is 36.2 Å². The van der Waals surface area contributed by atoms with Gasteiger partial charge in [-0.2, -0.15) is 0 Å². The smallest absolute Gasteiger partial charge is 0.313 e. The summed E-state index contributed by atoms with van der Waals surface area (Å²) >= 11 is 0. The van der Waals surface area contributed by atoms with E-state index in [1.54, 1.807) is 31.4 Å². The minimum absolute atomic E-state index is 0.289. The number of ether oxygens (including phenoxy) is 1. The molecule has 0 radical (unpaired) electrons. The van der Waals surface area contributed by atoms with Crippen LogP contribution in [0, 0.1) is 0 Å². The van der Waals surface area contributed by atoms with E-state index in [2.05, 4.69) is 22.9 Å². The lowest BCUT2D eigenvalue weighted by Crippen LogP contribution is -2.36. The summed E-state index contributed by atoms with van der Waals surface area (Å²) in [4.78, 5) is 36.9. The van der Waals surface area contributed by atoms with Gasteiger partial charge in [0, 0.05) is 13.1 Å². The number of carbonyl (C=O) groups is 3. The zero-order chi connectivity index (χ0) is 22.5. The molecule has 0 heterocycles. The molecule has 7 nitrogen and oxygen atoms in total. The highest BCUT2D eigenvalue weighted by Gasteiger charge is 2.17. The number of carbonyl (C=O) groups excluding carboxylic acids is 3. The number of unbranched alkanes of at least 4 members (excludes halogenated alkanes) is 4. The molecule has 2 aromatic rings. The maximum atomic E-state index is 12.6. The maximum Gasteiger partial charge on any atom is 0.313 e. The fourth-order valence-corrected chi connectivity index (χ4v) is 3.00. The summed E-state index contributed by atoms with van der Waals surface area (Å²) in [5, 5.41) is 7.98. The Bertz CT molecular complexity index is 865. The van der Waals surface area contributed by atoms with E-state index in [-0.39, 0.29) is 17.2 Å². The molecule has 0 saturated carbocycles. The van der Waals surface area contributed by atoms with Crippen molar-refractivity contribution in [3.63, 3.8) is 0 Å². The lowest BCUT2D eigenvalue weighted by molar-refractivity contribution is -0.136. The number of para-hydroxylation sites is 1. The van der Waals surface area contributed by atoms with Crippen LogP contribution >= 0.6 is 0 Å². The molecular formula is C24H31N3O4. The summed E-state index contributed by atoms with van der Waals surface area (Å²) in [6.07, 6.45) is 5.31. The molecule has 0 spiro atoms. The molecule has 0 unspecified atom stereocenters. The fourth-order valence-electron chi connectivity index (χ4n) is 3.00. The summed E-state index contributed by atoms with van der Waals surface area (Å²) in [5.74, 6) is -1.10. The van der Waals surface area contributed by atoms with Crippen molar-refractivity contribution in [3.8, 4) is 5.75 Å². The average Bonchev–Trinajstić information content (AvgIpc) is 2.80. The van der Waals surface area contributed by atoms with Gasteiger partial charge in [-0.15, -0.1) is 0 Å². The van der Waals surface area contributed by atoms with Gasteiger partial charge in [0.1, 0.15) is 5.75 Å². The third kappa shape index (κ3) is 8.12. The molecule has 2 rings (SSSR count). The van der Waals surface area contributed by atoms with Crippen LogP contribution in [0.5, 0.6) is 5.75 Å². The first kappa shape index (κ1) is 23.9. The van der Waals surface area contributed by atoms with E-state index in [4.69, 9.17) is 4.74 Å². The van der Waals surface area contributed by atoms with E-state index in [1.165, 1.54) is 6.42 Å². The van der Waals surface area contributed by atoms with Gasteiger partial charge in [0.05, 0.1) is 18.4 Å². The van der Waals surface area contributed by atoms with E-state index < -0.39 is 11.8 Å². The molecule has 0 aromatic heterocycles. The number of amides is 3. The molecule has 0 aliphatic rings. The normalized spacial score (nSPS) is 10.3. The van der Waals surface area contributed by atoms with Gasteiger partial charge in [-0.25, -0.2) is 0 Å². The van der Waals surface area contributed by atoms with Crippen molar-refractivity contribution >= 4 is 23.4 Å². The van der Waals surface area contributed by atoms with Crippen LogP contribution in [0.4, 0.5) is 5.69 Å². The summed E-state index contributed by atoms with van der Waals surface area (Å²) in [5.41, 5.74) is 1.49. The van der Waals surface area contributed by atoms with Crippen LogP contribution in [-0.4, -0.2) is 31.4 Å². The van der Waals surface area contributed by atoms with Crippen molar-refractivity contribution in [3.05, 3.63) is 59.7 Å². The molecule has 0 bridgehead atoms. The van der Waals surface area contributed by atoms with Gasteiger partial charge >= 0.3 is 11.8 Å². The van der Waals surface area contributed by atoms with Crippen molar-refractivity contribution in [1.82, 2.24) is 10.6 Å². The quantitative estimate of drug-likeness (QED) is 0.378. The van der Waals surface area contributed by atoms with Crippen molar-refractivity contribution in [1.29, 1.82) is 0 Å². The van der Waals surface area contributed by atoms with E-state index >= 15 is 0 Å². The zero-order valence-corrected chi connectivity index (χ0v) is 18.2. The Kier molecular flexibility index (Phi) is 10.1. The van der Waals surface area contributed by atoms with E-state index in [0.717, 1.165) is 37.0 Å². The monoisotopic (exact) mass is 425 g/mol. The van der Waals surface area contributed by atoms with Crippen LogP contribution in [0.25, 0.3) is 0 Å². The molecule has 31 heavy (non-hydrogen) atoms. The number of nitrogens with one attached hydrogen (secondary N) is 3. The molecule has 3 N–H and O–H groups in total. The van der Waals surface area contributed by atoms with Gasteiger partial charge in [-0.1, -0.05) is 56.9 Å². The van der Waals surface area contributed by atoms with Gasteiger partial charge in [-0.3, -0.25) is 14.4 Å². The second-order valence-electron chi connectivity index (χ2n) is 7.20. The summed E-state index contributed by atoms with van der Waals surface area (Å²) in [6.45, 7) is 2.92. The van der Waals surface area contributed by atoms with E-state index in [1.807, 2.05) is 24.3 Å². The first-order chi connectivity index (χ1) is 15.0. The molecule has 0 aliphatic heterocycles. The Morgan fingerprint density at radius 3 is 2.26 bits per heavy atom. The van der Waals surface area contributed by atoms with Crippen LogP contribution in [0.1, 0.15) is 54.9 Å². The minimum atomic E-state index is -0.788. The topological polar surface area (TPSA) is 96.5 Å². The molecule has 2 aromatic carbocycles. The SMILES string of the molecule is CCCCCCCNC(=O)C(=O)Nc1ccccc1C(=O)NCc1ccc(OC)cc1. The Morgan fingerprint density at radius 1 is 0.839 bits per heavy atom. The number of anilines is 1. The maximum absolute atomic E-state index is 12.6. The number of hydrogen-bond donors (Lipinski definition) is 3. The van der Waals surface area contributed by atoms with Crippen LogP contribution in [0.3, 0.4) is 0 Å². The standard InChI is InChI=1S/C24H31N3O4/c1-3-4-5-6-9-16-25-23(29)24(30)27-21-11-8-7-10-20(21)22(28)26-17-18-12-14-19(31-2)15-13-18/h7-8,10-15H,3-6,9,16-17H2,1-2H3,(H,25,29)(H,26,28)(H,27,30). The summed E-state index contributed by atoms with van der Waals surface area (Å²) in [7, 11) is 1.59. The number of hydrogen-bond acceptors (Lipinski definition) is 4. The molecule has 0 fully saturated rings. The lowest BCUT2D eigenvalue weighted by Gasteiger charge is -2.12. The van der Waals surface area contributed by atoms with E-state index in [0.29, 0.717) is 13.1 Å². The highest BCUT2D eigenvalue weighted by molar-refractivity contribution is 6.40. The second kappa shape index (κ2) is 13.1. The Morgan fingerprint density at radius 2 is 1.55 bits per heavy atom. The van der Waals surface area contributed by atoms with Crippen molar-refractivity contribution in [2.45, 2.75) is 45.6 Å². The molecular weight excluding hydrogens is 394 g/mol. The second-order valence-corrected chi connectivity index (χ2v) is 7.20. The lowest BCUT2D eigenvalue weighted by atomic mass is 10.1. The summed E-state index contributed by atoms with van der Waals surface area (Å²) < 4.78 is 5.12. The number of rotatable bonds is 11. The predicted molar refractivity (Wildman–Crippen MR) is 121 cm³/mol. The molecule has 0 saturated heterocycles. The molecule has 7 heteroatoms. The molecule has 3 amide bonds. The van der Waals surface area contributed by atoms with Crippen molar-refractivity contribution in [2.75, 3.05) is 19.0 Å². The van der Waals surface area contributed by atoms with Crippen molar-refractivity contribution in [2.24, 2.45) is 0 Å². The van der Waals surface area contributed by atoms with Crippen LogP contribution in [-0.2, 0) is 16.1 Å². The molecule has 166 valence electrons. The Balaban J connectivity index is 1.87.